The fourth-order valence-electron chi connectivity index (χ4n) is 1.73. The van der Waals surface area contributed by atoms with Gasteiger partial charge in [-0.05, 0) is 12.1 Å². The summed E-state index contributed by atoms with van der Waals surface area (Å²) in [7, 11) is 0. The number of benzene rings is 1. The zero-order valence-corrected chi connectivity index (χ0v) is 10.3. The maximum absolute atomic E-state index is 12.1. The molecule has 0 aliphatic heterocycles. The van der Waals surface area contributed by atoms with E-state index in [1.54, 1.807) is 18.3 Å². The minimum Gasteiger partial charge on any atom is -0.327 e. The third kappa shape index (κ3) is 2.56. The standard InChI is InChI=1S/C13H13ClN2O/c1-2-13-15-7-8-16(13)9-12(17)10-5-3-4-6-11(10)14/h3-8H,2,9H2,1H3. The minimum atomic E-state index is 0.00306. The Morgan fingerprint density at radius 3 is 2.88 bits per heavy atom. The first-order valence-corrected chi connectivity index (χ1v) is 5.88. The number of ketones is 1. The summed E-state index contributed by atoms with van der Waals surface area (Å²) in [6.45, 7) is 2.30. The molecule has 0 fully saturated rings. The molecule has 1 heterocycles. The van der Waals surface area contributed by atoms with E-state index in [2.05, 4.69) is 4.98 Å². The van der Waals surface area contributed by atoms with Gasteiger partial charge in [0.1, 0.15) is 5.82 Å². The fraction of sp³-hybridized carbons (Fsp3) is 0.231. The summed E-state index contributed by atoms with van der Waals surface area (Å²) in [5, 5.41) is 0.496. The Balaban J connectivity index is 2.20. The Labute approximate surface area is 105 Å². The van der Waals surface area contributed by atoms with Crippen molar-refractivity contribution in [1.29, 1.82) is 0 Å². The number of rotatable bonds is 4. The summed E-state index contributed by atoms with van der Waals surface area (Å²) >= 11 is 5.99. The number of Topliss-reactive ketones (excluding diaryl/α,β-unsaturated/α-hetero) is 1. The van der Waals surface area contributed by atoms with Crippen LogP contribution < -0.4 is 0 Å². The van der Waals surface area contributed by atoms with Gasteiger partial charge >= 0.3 is 0 Å². The number of carbonyl (C=O) groups is 1. The Hall–Kier alpha value is -1.61. The summed E-state index contributed by atoms with van der Waals surface area (Å²) < 4.78 is 1.85. The van der Waals surface area contributed by atoms with Crippen LogP contribution in [0.5, 0.6) is 0 Å². The van der Waals surface area contributed by atoms with Gasteiger partial charge in [0, 0.05) is 24.4 Å². The third-order valence-corrected chi connectivity index (χ3v) is 2.94. The molecule has 0 spiro atoms. The molecule has 17 heavy (non-hydrogen) atoms. The van der Waals surface area contributed by atoms with Crippen LogP contribution in [-0.4, -0.2) is 15.3 Å². The van der Waals surface area contributed by atoms with Crippen LogP contribution in [0.2, 0.25) is 5.02 Å². The highest BCUT2D eigenvalue weighted by Gasteiger charge is 2.11. The van der Waals surface area contributed by atoms with E-state index in [0.29, 0.717) is 10.6 Å². The van der Waals surface area contributed by atoms with Gasteiger partial charge in [-0.15, -0.1) is 0 Å². The Bertz CT molecular complexity index is 534. The van der Waals surface area contributed by atoms with Gasteiger partial charge in [0.15, 0.2) is 5.78 Å². The molecule has 0 N–H and O–H groups in total. The molecule has 0 amide bonds. The smallest absolute Gasteiger partial charge is 0.184 e. The van der Waals surface area contributed by atoms with Gasteiger partial charge in [-0.1, -0.05) is 30.7 Å². The van der Waals surface area contributed by atoms with Crippen molar-refractivity contribution >= 4 is 17.4 Å². The zero-order valence-electron chi connectivity index (χ0n) is 9.56. The Morgan fingerprint density at radius 1 is 1.41 bits per heavy atom. The lowest BCUT2D eigenvalue weighted by Crippen LogP contribution is -2.12. The number of hydrogen-bond donors (Lipinski definition) is 0. The summed E-state index contributed by atoms with van der Waals surface area (Å²) in [5.41, 5.74) is 0.560. The van der Waals surface area contributed by atoms with Crippen LogP contribution in [0.4, 0.5) is 0 Å². The molecular formula is C13H13ClN2O. The van der Waals surface area contributed by atoms with E-state index < -0.39 is 0 Å². The summed E-state index contributed by atoms with van der Waals surface area (Å²) in [6, 6.07) is 7.10. The number of imidazole rings is 1. The molecule has 0 bridgehead atoms. The monoisotopic (exact) mass is 248 g/mol. The van der Waals surface area contributed by atoms with Crippen LogP contribution in [0.25, 0.3) is 0 Å². The number of aryl methyl sites for hydroxylation is 1. The van der Waals surface area contributed by atoms with Gasteiger partial charge in [0.2, 0.25) is 0 Å². The SMILES string of the molecule is CCc1nccn1CC(=O)c1ccccc1Cl. The van der Waals surface area contributed by atoms with Crippen molar-refractivity contribution in [3.63, 3.8) is 0 Å². The number of aromatic nitrogens is 2. The number of hydrogen-bond acceptors (Lipinski definition) is 2. The van der Waals surface area contributed by atoms with Crippen LogP contribution in [0, 0.1) is 0 Å². The van der Waals surface area contributed by atoms with Gasteiger partial charge in [0.25, 0.3) is 0 Å². The molecule has 88 valence electrons. The maximum Gasteiger partial charge on any atom is 0.184 e. The molecule has 1 aromatic heterocycles. The second kappa shape index (κ2) is 5.15. The number of halogens is 1. The minimum absolute atomic E-state index is 0.00306. The van der Waals surface area contributed by atoms with E-state index in [-0.39, 0.29) is 12.3 Å². The molecule has 1 aromatic carbocycles. The van der Waals surface area contributed by atoms with Crippen molar-refractivity contribution in [2.24, 2.45) is 0 Å². The molecule has 0 aliphatic carbocycles. The highest BCUT2D eigenvalue weighted by atomic mass is 35.5. The van der Waals surface area contributed by atoms with Gasteiger partial charge in [0.05, 0.1) is 11.6 Å². The predicted octanol–water partition coefficient (Wildman–Crippen LogP) is 2.98. The lowest BCUT2D eigenvalue weighted by Gasteiger charge is -2.06. The maximum atomic E-state index is 12.1. The lowest BCUT2D eigenvalue weighted by molar-refractivity contribution is 0.0971. The van der Waals surface area contributed by atoms with E-state index in [0.717, 1.165) is 12.2 Å². The molecule has 0 atom stereocenters. The highest BCUT2D eigenvalue weighted by molar-refractivity contribution is 6.33. The Morgan fingerprint density at radius 2 is 2.18 bits per heavy atom. The van der Waals surface area contributed by atoms with Crippen LogP contribution >= 0.6 is 11.6 Å². The first-order valence-electron chi connectivity index (χ1n) is 5.50. The van der Waals surface area contributed by atoms with Crippen LogP contribution in [0.15, 0.2) is 36.7 Å². The highest BCUT2D eigenvalue weighted by Crippen LogP contribution is 2.16. The molecule has 0 radical (unpaired) electrons. The van der Waals surface area contributed by atoms with Gasteiger partial charge in [-0.2, -0.15) is 0 Å². The summed E-state index contributed by atoms with van der Waals surface area (Å²) in [6.07, 6.45) is 4.33. The predicted molar refractivity (Wildman–Crippen MR) is 67.4 cm³/mol. The van der Waals surface area contributed by atoms with Crippen LogP contribution in [0.1, 0.15) is 23.1 Å². The van der Waals surface area contributed by atoms with Gasteiger partial charge < -0.3 is 4.57 Å². The van der Waals surface area contributed by atoms with Crippen molar-refractivity contribution in [2.75, 3.05) is 0 Å². The third-order valence-electron chi connectivity index (χ3n) is 2.61. The summed E-state index contributed by atoms with van der Waals surface area (Å²) in [4.78, 5) is 16.2. The molecule has 2 aromatic rings. The quantitative estimate of drug-likeness (QED) is 0.780. The molecule has 2 rings (SSSR count). The van der Waals surface area contributed by atoms with Gasteiger partial charge in [-0.25, -0.2) is 4.98 Å². The van der Waals surface area contributed by atoms with Crippen LogP contribution in [0.3, 0.4) is 0 Å². The second-order valence-corrected chi connectivity index (χ2v) is 4.14. The average molecular weight is 249 g/mol. The van der Waals surface area contributed by atoms with Crippen molar-refractivity contribution < 1.29 is 4.79 Å². The first kappa shape index (κ1) is 11.9. The number of nitrogens with zero attached hydrogens (tertiary/aromatic N) is 2. The molecule has 3 nitrogen and oxygen atoms in total. The number of carbonyl (C=O) groups excluding carboxylic acids is 1. The molecule has 0 unspecified atom stereocenters. The fourth-order valence-corrected chi connectivity index (χ4v) is 1.97. The van der Waals surface area contributed by atoms with E-state index in [1.165, 1.54) is 0 Å². The van der Waals surface area contributed by atoms with Crippen molar-refractivity contribution in [1.82, 2.24) is 9.55 Å². The normalized spacial score (nSPS) is 10.5. The average Bonchev–Trinajstić information content (AvgIpc) is 2.76. The van der Waals surface area contributed by atoms with Crippen molar-refractivity contribution in [3.05, 3.63) is 53.1 Å². The molecule has 0 saturated carbocycles. The summed E-state index contributed by atoms with van der Waals surface area (Å²) in [5.74, 6) is 0.911. The molecule has 4 heteroatoms. The van der Waals surface area contributed by atoms with E-state index in [1.807, 2.05) is 29.8 Å². The van der Waals surface area contributed by atoms with E-state index in [4.69, 9.17) is 11.6 Å². The van der Waals surface area contributed by atoms with Crippen LogP contribution in [-0.2, 0) is 13.0 Å². The van der Waals surface area contributed by atoms with Crippen molar-refractivity contribution in [2.45, 2.75) is 19.9 Å². The molecule has 0 aliphatic rings. The second-order valence-electron chi connectivity index (χ2n) is 3.73. The zero-order chi connectivity index (χ0) is 12.3. The lowest BCUT2D eigenvalue weighted by atomic mass is 10.1. The first-order chi connectivity index (χ1) is 8.22. The molecule has 0 saturated heterocycles. The van der Waals surface area contributed by atoms with Gasteiger partial charge in [-0.3, -0.25) is 4.79 Å². The largest absolute Gasteiger partial charge is 0.327 e. The van der Waals surface area contributed by atoms with E-state index in [9.17, 15) is 4.79 Å². The molecular weight excluding hydrogens is 236 g/mol. The topological polar surface area (TPSA) is 34.9 Å². The van der Waals surface area contributed by atoms with Crippen molar-refractivity contribution in [3.8, 4) is 0 Å². The Kier molecular flexibility index (Phi) is 3.59. The van der Waals surface area contributed by atoms with E-state index >= 15 is 0 Å².